The van der Waals surface area contributed by atoms with Crippen LogP contribution < -0.4 is 0 Å². The highest BCUT2D eigenvalue weighted by molar-refractivity contribution is 6.05. The van der Waals surface area contributed by atoms with Gasteiger partial charge in [-0.25, -0.2) is 0 Å². The first-order valence-electron chi connectivity index (χ1n) is 47.9. The summed E-state index contributed by atoms with van der Waals surface area (Å²) in [4.78, 5) is 8.00. The first kappa shape index (κ1) is 86.1. The molecule has 16 aromatic rings. The van der Waals surface area contributed by atoms with E-state index in [0.29, 0.717) is 0 Å². The van der Waals surface area contributed by atoms with Gasteiger partial charge in [0.2, 0.25) is 0 Å². The van der Waals surface area contributed by atoms with Crippen LogP contribution in [0.5, 0.6) is 0 Å². The summed E-state index contributed by atoms with van der Waals surface area (Å²) >= 11 is 0. The number of benzene rings is 16. The summed E-state index contributed by atoms with van der Waals surface area (Å²) in [5, 5.41) is 0. The first-order valence-corrected chi connectivity index (χ1v) is 47.9. The fourth-order valence-corrected chi connectivity index (χ4v) is 24.7. The monoisotopic (exact) mass is 1720 g/mol. The molecule has 0 bridgehead atoms. The standard InChI is InChI=1S/4C29H22.4C3H9N/c2*1-29(2)24-14-12-22-20-9-5-3-8-18(20)16-23(22)27(24)28-25(29)13-11-19-15-17-7-4-6-10-21(17)26(19)28;2*1-29(2)25-13-11-21-19-9-5-3-7-17(19)15-23(21)27(25)28-24-16-18-8-4-6-10-20(18)22(24)12-14-26(28)29;4*1-4(2)3/h4*3-14H,15-16H2,1-2H3;4*1-3H3. The lowest BCUT2D eigenvalue weighted by molar-refractivity contribution is 0.505. The molecule has 0 saturated carbocycles. The minimum Gasteiger partial charge on any atom is -0.312 e. The quantitative estimate of drug-likeness (QED) is 0.150. The van der Waals surface area contributed by atoms with Crippen LogP contribution in [-0.2, 0) is 73.0 Å². The molecule has 12 aliphatic rings. The maximum absolute atomic E-state index is 2.41. The fourth-order valence-electron chi connectivity index (χ4n) is 24.7. The van der Waals surface area contributed by atoms with E-state index in [1.807, 2.05) is 104 Å². The van der Waals surface area contributed by atoms with Gasteiger partial charge in [0.05, 0.1) is 0 Å². The zero-order chi connectivity index (χ0) is 91.6. The second-order valence-electron chi connectivity index (χ2n) is 42.7. The molecule has 4 nitrogen and oxygen atoms in total. The molecule has 0 aliphatic heterocycles. The normalized spacial score (nSPS) is 15.1. The topological polar surface area (TPSA) is 13.0 Å². The summed E-state index contributed by atoms with van der Waals surface area (Å²) in [6.45, 7) is 19.2. The van der Waals surface area contributed by atoms with E-state index >= 15 is 0 Å². The molecule has 0 spiro atoms. The van der Waals surface area contributed by atoms with Crippen molar-refractivity contribution in [2.45, 2.75) is 128 Å². The second-order valence-corrected chi connectivity index (χ2v) is 42.7. The molecule has 0 radical (unpaired) electrons. The zero-order valence-electron chi connectivity index (χ0n) is 81.2. The number of nitrogens with zero attached hydrogens (tertiary/aromatic N) is 4. The van der Waals surface area contributed by atoms with Gasteiger partial charge in [0, 0.05) is 21.7 Å². The van der Waals surface area contributed by atoms with Gasteiger partial charge in [-0.3, -0.25) is 0 Å². The minimum absolute atomic E-state index is 0.0427. The molecule has 12 aliphatic carbocycles. The van der Waals surface area contributed by atoms with Crippen molar-refractivity contribution in [2.75, 3.05) is 84.6 Å². The van der Waals surface area contributed by atoms with Gasteiger partial charge in [-0.2, -0.15) is 0 Å². The number of rotatable bonds is 0. The Kier molecular flexibility index (Phi) is 21.3. The summed E-state index contributed by atoms with van der Waals surface area (Å²) in [6, 6.07) is 110. The van der Waals surface area contributed by atoms with Crippen LogP contribution in [-0.4, -0.2) is 104 Å². The Morgan fingerprint density at radius 2 is 0.280 bits per heavy atom. The molecule has 0 amide bonds. The first-order chi connectivity index (χ1) is 63.5. The van der Waals surface area contributed by atoms with Crippen LogP contribution in [0.25, 0.3) is 134 Å². The lowest BCUT2D eigenvalue weighted by atomic mass is 9.81. The van der Waals surface area contributed by atoms with Crippen LogP contribution in [0.3, 0.4) is 0 Å². The lowest BCUT2D eigenvalue weighted by Gasteiger charge is -2.22. The predicted octanol–water partition coefficient (Wildman–Crippen LogP) is 29.3. The molecule has 0 saturated heterocycles. The van der Waals surface area contributed by atoms with E-state index in [0.717, 1.165) is 51.4 Å². The van der Waals surface area contributed by atoms with Crippen LogP contribution >= 0.6 is 0 Å². The molecular weight excluding hydrogens is 1590 g/mol. The Bertz CT molecular complexity index is 6770. The summed E-state index contributed by atoms with van der Waals surface area (Å²) < 4.78 is 0. The average molecular weight is 1720 g/mol. The van der Waals surface area contributed by atoms with Gasteiger partial charge in [0.1, 0.15) is 0 Å². The zero-order valence-corrected chi connectivity index (χ0v) is 81.2. The molecule has 0 fully saturated rings. The van der Waals surface area contributed by atoms with Crippen molar-refractivity contribution in [2.24, 2.45) is 0 Å². The van der Waals surface area contributed by atoms with Crippen molar-refractivity contribution in [1.82, 2.24) is 19.6 Å². The molecule has 4 heteroatoms. The largest absolute Gasteiger partial charge is 0.312 e. The van der Waals surface area contributed by atoms with Crippen molar-refractivity contribution in [3.8, 4) is 134 Å². The lowest BCUT2D eigenvalue weighted by Crippen LogP contribution is -2.15. The van der Waals surface area contributed by atoms with Gasteiger partial charge < -0.3 is 19.6 Å². The Balaban J connectivity index is 0.000000100. The van der Waals surface area contributed by atoms with Crippen molar-refractivity contribution in [3.05, 3.63) is 425 Å². The van der Waals surface area contributed by atoms with Gasteiger partial charge >= 0.3 is 0 Å². The molecule has 16 aromatic carbocycles. The van der Waals surface area contributed by atoms with Gasteiger partial charge in [0.25, 0.3) is 0 Å². The van der Waals surface area contributed by atoms with E-state index in [-0.39, 0.29) is 21.7 Å². The molecular formula is C128H124N4. The maximum atomic E-state index is 2.41. The number of hydrogen-bond acceptors (Lipinski definition) is 4. The predicted molar refractivity (Wildman–Crippen MR) is 560 cm³/mol. The van der Waals surface area contributed by atoms with E-state index < -0.39 is 0 Å². The third-order valence-corrected chi connectivity index (χ3v) is 30.2. The summed E-state index contributed by atoms with van der Waals surface area (Å²) in [5.41, 5.74) is 71.4. The average Bonchev–Trinajstić information content (AvgIpc) is 1.53. The Morgan fingerprint density at radius 3 is 0.470 bits per heavy atom. The number of fused-ring (bicyclic) bond motifs is 44. The highest BCUT2D eigenvalue weighted by atomic mass is 15.0. The Morgan fingerprint density at radius 1 is 0.136 bits per heavy atom. The molecule has 28 rings (SSSR count). The summed E-state index contributed by atoms with van der Waals surface area (Å²) in [6.07, 6.45) is 8.45. The van der Waals surface area contributed by atoms with Crippen LogP contribution in [0, 0.1) is 0 Å². The second kappa shape index (κ2) is 32.7. The van der Waals surface area contributed by atoms with Crippen LogP contribution in [0.1, 0.15) is 189 Å². The summed E-state index contributed by atoms with van der Waals surface area (Å²) in [5.74, 6) is 0. The summed E-state index contributed by atoms with van der Waals surface area (Å²) in [7, 11) is 24.0. The molecule has 0 N–H and O–H groups in total. The molecule has 132 heavy (non-hydrogen) atoms. The van der Waals surface area contributed by atoms with Gasteiger partial charge in [-0.1, -0.05) is 347 Å². The van der Waals surface area contributed by atoms with E-state index in [4.69, 9.17) is 0 Å². The van der Waals surface area contributed by atoms with Crippen LogP contribution in [0.15, 0.2) is 291 Å². The van der Waals surface area contributed by atoms with Crippen molar-refractivity contribution in [1.29, 1.82) is 0 Å². The Labute approximate surface area is 785 Å². The van der Waals surface area contributed by atoms with Gasteiger partial charge in [-0.15, -0.1) is 0 Å². The van der Waals surface area contributed by atoms with E-state index in [1.54, 1.807) is 22.3 Å². The SMILES string of the molecule is CC1(C)c2ccc3c(c2-c2c1ccc1c2-c2ccccc2C1)Cc1ccccc1-3.CC1(C)c2ccc3c(c2-c2c1ccc1c2-c2ccccc2C1)Cc1ccccc1-3.CC1(C)c2ccc3c(c2-c2c1ccc1c2Cc2ccccc2-1)Cc1ccccc1-3.CC1(C)c2ccc3c(c2-c2c1ccc1c2Cc2ccccc2-1)Cc1ccccc1-3.CN(C)C.CN(C)C.CN(C)C.CN(C)C. The van der Waals surface area contributed by atoms with Crippen LogP contribution in [0.4, 0.5) is 0 Å². The van der Waals surface area contributed by atoms with Crippen molar-refractivity contribution < 1.29 is 0 Å². The molecule has 0 atom stereocenters. The smallest absolute Gasteiger partial charge is 0.0159 e. The number of hydrogen-bond donors (Lipinski definition) is 0. The maximum Gasteiger partial charge on any atom is 0.0159 e. The highest BCUT2D eigenvalue weighted by Gasteiger charge is 2.47. The third-order valence-electron chi connectivity index (χ3n) is 30.2. The van der Waals surface area contributed by atoms with Crippen LogP contribution in [0.2, 0.25) is 0 Å². The fraction of sp³-hybridized carbons (Fsp3) is 0.250. The third kappa shape index (κ3) is 13.8. The Hall–Kier alpha value is -12.6. The van der Waals surface area contributed by atoms with E-state index in [1.165, 1.54) is 245 Å². The van der Waals surface area contributed by atoms with Gasteiger partial charge in [0.15, 0.2) is 0 Å². The molecule has 656 valence electrons. The van der Waals surface area contributed by atoms with E-state index in [9.17, 15) is 0 Å². The van der Waals surface area contributed by atoms with E-state index in [2.05, 4.69) is 347 Å². The van der Waals surface area contributed by atoms with Crippen molar-refractivity contribution >= 4 is 0 Å². The van der Waals surface area contributed by atoms with Gasteiger partial charge in [-0.05, 0) is 403 Å². The minimum atomic E-state index is 0.0427. The molecule has 0 aromatic heterocycles. The van der Waals surface area contributed by atoms with Crippen molar-refractivity contribution in [3.63, 3.8) is 0 Å². The highest BCUT2D eigenvalue weighted by Crippen LogP contribution is 2.64. The molecule has 0 unspecified atom stereocenters. The molecule has 0 heterocycles.